The molecule has 0 fully saturated rings. The first-order valence-electron chi connectivity index (χ1n) is 5.48. The molecule has 96 valence electrons. The summed E-state index contributed by atoms with van der Waals surface area (Å²) >= 11 is 0. The Morgan fingerprint density at radius 1 is 1.00 bits per heavy atom. The Balaban J connectivity index is 0. The van der Waals surface area contributed by atoms with Crippen LogP contribution in [0.5, 0.6) is 0 Å². The molecule has 0 aliphatic heterocycles. The molecular formula is C13H21NO3. The number of hydrogen-bond acceptors (Lipinski definition) is 3. The Bertz CT molecular complexity index is 259. The maximum absolute atomic E-state index is 10.3. The van der Waals surface area contributed by atoms with Gasteiger partial charge >= 0.3 is 5.97 Å². The van der Waals surface area contributed by atoms with Crippen LogP contribution in [-0.2, 0) is 14.3 Å². The summed E-state index contributed by atoms with van der Waals surface area (Å²) in [6.07, 6.45) is 0. The van der Waals surface area contributed by atoms with E-state index in [9.17, 15) is 9.59 Å². The normalized spacial score (nSPS) is 7.53. The summed E-state index contributed by atoms with van der Waals surface area (Å²) in [4.78, 5) is 20.4. The molecule has 0 unspecified atom stereocenters. The molecule has 0 atom stereocenters. The van der Waals surface area contributed by atoms with Crippen molar-refractivity contribution in [2.24, 2.45) is 0 Å². The van der Waals surface area contributed by atoms with Crippen molar-refractivity contribution in [3.05, 3.63) is 36.4 Å². The van der Waals surface area contributed by atoms with Gasteiger partial charge in [-0.3, -0.25) is 9.59 Å². The van der Waals surface area contributed by atoms with E-state index < -0.39 is 5.97 Å². The van der Waals surface area contributed by atoms with Crippen LogP contribution in [0, 0.1) is 0 Å². The molecule has 0 radical (unpaired) electrons. The Morgan fingerprint density at radius 3 is 1.59 bits per heavy atom. The molecule has 4 heteroatoms. The van der Waals surface area contributed by atoms with Crippen LogP contribution in [0.25, 0.3) is 0 Å². The second kappa shape index (κ2) is 14.2. The van der Waals surface area contributed by atoms with Crippen molar-refractivity contribution in [3.8, 4) is 0 Å². The van der Waals surface area contributed by atoms with Gasteiger partial charge in [-0.15, -0.1) is 0 Å². The molecule has 1 aromatic rings. The van der Waals surface area contributed by atoms with Crippen molar-refractivity contribution in [1.82, 2.24) is 5.32 Å². The number of nitrogens with one attached hydrogen (secondary N) is 1. The number of carbonyl (C=O) groups excluding carboxylic acids is 2. The lowest BCUT2D eigenvalue weighted by molar-refractivity contribution is -0.140. The van der Waals surface area contributed by atoms with Crippen molar-refractivity contribution < 1.29 is 14.3 Å². The van der Waals surface area contributed by atoms with Gasteiger partial charge in [0, 0.05) is 6.92 Å². The van der Waals surface area contributed by atoms with Crippen LogP contribution in [0.15, 0.2) is 36.4 Å². The van der Waals surface area contributed by atoms with Gasteiger partial charge in [-0.1, -0.05) is 50.2 Å². The number of ether oxygens (including phenoxy) is 1. The molecule has 0 spiro atoms. The second-order valence-corrected chi connectivity index (χ2v) is 2.64. The second-order valence-electron chi connectivity index (χ2n) is 2.64. The Hall–Kier alpha value is -1.84. The highest BCUT2D eigenvalue weighted by Crippen LogP contribution is 1.79. The maximum atomic E-state index is 10.3. The molecule has 1 rings (SSSR count). The monoisotopic (exact) mass is 239 g/mol. The van der Waals surface area contributed by atoms with Crippen LogP contribution in [-0.4, -0.2) is 25.5 Å². The van der Waals surface area contributed by atoms with Crippen molar-refractivity contribution in [2.45, 2.75) is 20.8 Å². The maximum Gasteiger partial charge on any atom is 0.325 e. The van der Waals surface area contributed by atoms with Crippen molar-refractivity contribution in [1.29, 1.82) is 0 Å². The topological polar surface area (TPSA) is 55.4 Å². The molecule has 0 heterocycles. The third-order valence-electron chi connectivity index (χ3n) is 1.38. The molecule has 17 heavy (non-hydrogen) atoms. The predicted molar refractivity (Wildman–Crippen MR) is 68.5 cm³/mol. The molecule has 0 aliphatic carbocycles. The van der Waals surface area contributed by atoms with E-state index in [1.165, 1.54) is 14.0 Å². The van der Waals surface area contributed by atoms with Crippen molar-refractivity contribution in [2.75, 3.05) is 13.7 Å². The highest BCUT2D eigenvalue weighted by Gasteiger charge is 1.98. The Morgan fingerprint density at radius 2 is 1.35 bits per heavy atom. The largest absolute Gasteiger partial charge is 0.468 e. The zero-order chi connectivity index (χ0) is 13.5. The molecule has 0 bridgehead atoms. The summed E-state index contributed by atoms with van der Waals surface area (Å²) in [6.45, 7) is 5.29. The van der Waals surface area contributed by atoms with E-state index >= 15 is 0 Å². The van der Waals surface area contributed by atoms with Crippen LogP contribution in [0.3, 0.4) is 0 Å². The summed E-state index contributed by atoms with van der Waals surface area (Å²) in [5.41, 5.74) is 0. The van der Waals surface area contributed by atoms with Crippen LogP contribution in [0.2, 0.25) is 0 Å². The highest BCUT2D eigenvalue weighted by atomic mass is 16.5. The summed E-state index contributed by atoms with van der Waals surface area (Å²) in [6, 6.07) is 12.0. The van der Waals surface area contributed by atoms with Crippen LogP contribution in [0.4, 0.5) is 0 Å². The first-order chi connectivity index (χ1) is 8.16. The number of esters is 1. The standard InChI is InChI=1S/C6H6.C5H9NO3.C2H6/c1-2-4-6-5-3-1;1-4(7)6-3-5(8)9-2;1-2/h1-6H;3H2,1-2H3,(H,6,7);1-2H3. The van der Waals surface area contributed by atoms with Gasteiger partial charge in [0.05, 0.1) is 7.11 Å². The van der Waals surface area contributed by atoms with Crippen molar-refractivity contribution >= 4 is 11.9 Å². The summed E-state index contributed by atoms with van der Waals surface area (Å²) < 4.78 is 4.25. The minimum Gasteiger partial charge on any atom is -0.468 e. The van der Waals surface area contributed by atoms with E-state index in [0.29, 0.717) is 0 Å². The molecule has 0 aliphatic rings. The van der Waals surface area contributed by atoms with E-state index in [1.807, 2.05) is 50.2 Å². The fourth-order valence-corrected chi connectivity index (χ4v) is 0.654. The predicted octanol–water partition coefficient (Wildman–Crippen LogP) is 2.01. The van der Waals surface area contributed by atoms with Gasteiger partial charge in [0.1, 0.15) is 6.54 Å². The average molecular weight is 239 g/mol. The SMILES string of the molecule is CC.COC(=O)CNC(C)=O.c1ccccc1. The lowest BCUT2D eigenvalue weighted by Gasteiger charge is -1.97. The van der Waals surface area contributed by atoms with Gasteiger partial charge < -0.3 is 10.1 Å². The third-order valence-corrected chi connectivity index (χ3v) is 1.38. The lowest BCUT2D eigenvalue weighted by atomic mass is 10.4. The van der Waals surface area contributed by atoms with Gasteiger partial charge in [0.2, 0.25) is 5.91 Å². The Kier molecular flexibility index (Phi) is 14.6. The van der Waals surface area contributed by atoms with Gasteiger partial charge in [0.25, 0.3) is 0 Å². The summed E-state index contributed by atoms with van der Waals surface area (Å²) in [5, 5.41) is 2.28. The fourth-order valence-electron chi connectivity index (χ4n) is 0.654. The van der Waals surface area contributed by atoms with Gasteiger partial charge in [0.15, 0.2) is 0 Å². The van der Waals surface area contributed by atoms with Crippen LogP contribution in [0.1, 0.15) is 20.8 Å². The minimum absolute atomic E-state index is 0.0498. The molecule has 1 amide bonds. The third kappa shape index (κ3) is 16.8. The smallest absolute Gasteiger partial charge is 0.325 e. The van der Waals surface area contributed by atoms with Gasteiger partial charge in [-0.2, -0.15) is 0 Å². The van der Waals surface area contributed by atoms with E-state index in [1.54, 1.807) is 0 Å². The van der Waals surface area contributed by atoms with Crippen LogP contribution < -0.4 is 5.32 Å². The minimum atomic E-state index is -0.440. The van der Waals surface area contributed by atoms with Gasteiger partial charge in [-0.25, -0.2) is 0 Å². The molecule has 1 N–H and O–H groups in total. The number of rotatable bonds is 2. The molecule has 0 saturated heterocycles. The van der Waals surface area contributed by atoms with E-state index in [-0.39, 0.29) is 12.5 Å². The number of benzene rings is 1. The number of amides is 1. The van der Waals surface area contributed by atoms with E-state index in [2.05, 4.69) is 10.1 Å². The Labute approximate surface area is 103 Å². The van der Waals surface area contributed by atoms with E-state index in [0.717, 1.165) is 0 Å². The zero-order valence-electron chi connectivity index (χ0n) is 10.9. The summed E-state index contributed by atoms with van der Waals surface area (Å²) in [7, 11) is 1.27. The highest BCUT2D eigenvalue weighted by molar-refractivity contribution is 5.80. The fraction of sp³-hybridized carbons (Fsp3) is 0.385. The average Bonchev–Trinajstić information content (AvgIpc) is 2.41. The molecule has 4 nitrogen and oxygen atoms in total. The van der Waals surface area contributed by atoms with E-state index in [4.69, 9.17) is 0 Å². The first kappa shape index (κ1) is 17.6. The quantitative estimate of drug-likeness (QED) is 0.803. The molecule has 0 saturated carbocycles. The van der Waals surface area contributed by atoms with Crippen molar-refractivity contribution in [3.63, 3.8) is 0 Å². The van der Waals surface area contributed by atoms with Gasteiger partial charge in [-0.05, 0) is 0 Å². The number of carbonyl (C=O) groups is 2. The first-order valence-corrected chi connectivity index (χ1v) is 5.48. The zero-order valence-corrected chi connectivity index (χ0v) is 10.9. The van der Waals surface area contributed by atoms with Crippen LogP contribution >= 0.6 is 0 Å². The summed E-state index contributed by atoms with van der Waals surface area (Å²) in [5.74, 6) is -0.675. The molecule has 1 aromatic carbocycles. The number of methoxy groups -OCH3 is 1. The molecule has 0 aromatic heterocycles. The number of hydrogen-bond donors (Lipinski definition) is 1. The lowest BCUT2D eigenvalue weighted by Crippen LogP contribution is -2.27. The molecular weight excluding hydrogens is 218 g/mol.